The number of rotatable bonds is 4. The highest BCUT2D eigenvalue weighted by Crippen LogP contribution is 2.21. The van der Waals surface area contributed by atoms with Crippen molar-refractivity contribution in [2.24, 2.45) is 0 Å². The summed E-state index contributed by atoms with van der Waals surface area (Å²) in [6.07, 6.45) is 3.25. The second-order valence-corrected chi connectivity index (χ2v) is 8.36. The molecule has 4 heterocycles. The monoisotopic (exact) mass is 451 g/mol. The Morgan fingerprint density at radius 2 is 2.00 bits per heavy atom. The van der Waals surface area contributed by atoms with E-state index < -0.39 is 5.91 Å². The fourth-order valence-corrected chi connectivity index (χ4v) is 3.87. The maximum Gasteiger partial charge on any atom is 0.410 e. The summed E-state index contributed by atoms with van der Waals surface area (Å²) in [5, 5.41) is 19.1. The molecule has 3 N–H and O–H groups in total. The number of aromatic nitrogens is 2. The van der Waals surface area contributed by atoms with Crippen LogP contribution in [0, 0.1) is 10.8 Å². The Morgan fingerprint density at radius 1 is 1.18 bits per heavy atom. The van der Waals surface area contributed by atoms with Gasteiger partial charge in [0.1, 0.15) is 23.0 Å². The SMILES string of the molecule is CC(C)OC(=O)N1CCc2cnc(C(=O)Nc3cccc(C(=N)N4CCCC4=N)n3)cc2C1.[HH]. The predicted octanol–water partition coefficient (Wildman–Crippen LogP) is 3.28. The lowest BCUT2D eigenvalue weighted by Crippen LogP contribution is -2.37. The third-order valence-corrected chi connectivity index (χ3v) is 5.55. The van der Waals surface area contributed by atoms with Crippen molar-refractivity contribution in [2.45, 2.75) is 45.8 Å². The number of likely N-dealkylation sites (tertiary alicyclic amines) is 1. The number of fused-ring (bicyclic) bond motifs is 1. The van der Waals surface area contributed by atoms with Gasteiger partial charge in [0.15, 0.2) is 5.84 Å². The van der Waals surface area contributed by atoms with Gasteiger partial charge in [-0.3, -0.25) is 20.6 Å². The number of hydrogen-bond acceptors (Lipinski definition) is 7. The van der Waals surface area contributed by atoms with Gasteiger partial charge in [-0.05, 0) is 56.0 Å². The van der Waals surface area contributed by atoms with E-state index in [1.165, 1.54) is 0 Å². The number of pyridine rings is 2. The van der Waals surface area contributed by atoms with Gasteiger partial charge in [0.2, 0.25) is 0 Å². The Morgan fingerprint density at radius 3 is 2.73 bits per heavy atom. The normalized spacial score (nSPS) is 15.4. The van der Waals surface area contributed by atoms with E-state index in [-0.39, 0.29) is 25.2 Å². The first kappa shape index (κ1) is 22.4. The molecule has 2 aromatic rings. The van der Waals surface area contributed by atoms with E-state index in [0.717, 1.165) is 17.5 Å². The van der Waals surface area contributed by atoms with Crippen molar-refractivity contribution in [3.63, 3.8) is 0 Å². The summed E-state index contributed by atoms with van der Waals surface area (Å²) in [5.74, 6) is 0.425. The highest BCUT2D eigenvalue weighted by molar-refractivity contribution is 6.07. The smallest absolute Gasteiger partial charge is 0.410 e. The van der Waals surface area contributed by atoms with Crippen LogP contribution in [0.15, 0.2) is 30.5 Å². The third-order valence-electron chi connectivity index (χ3n) is 5.55. The van der Waals surface area contributed by atoms with Crippen molar-refractivity contribution in [2.75, 3.05) is 18.4 Å². The number of carbonyl (C=O) groups is 2. The van der Waals surface area contributed by atoms with Crippen LogP contribution < -0.4 is 5.32 Å². The second kappa shape index (κ2) is 9.35. The Hall–Kier alpha value is -3.82. The molecule has 1 saturated heterocycles. The zero-order valence-corrected chi connectivity index (χ0v) is 18.7. The van der Waals surface area contributed by atoms with E-state index in [1.807, 2.05) is 13.8 Å². The highest BCUT2D eigenvalue weighted by Gasteiger charge is 2.25. The van der Waals surface area contributed by atoms with E-state index in [4.69, 9.17) is 15.6 Å². The van der Waals surface area contributed by atoms with Crippen LogP contribution in [0.2, 0.25) is 0 Å². The summed E-state index contributed by atoms with van der Waals surface area (Å²) in [6.45, 7) is 5.14. The van der Waals surface area contributed by atoms with Gasteiger partial charge in [-0.1, -0.05) is 6.07 Å². The number of hydrogen-bond donors (Lipinski definition) is 3. The molecule has 2 amide bonds. The van der Waals surface area contributed by atoms with E-state index in [0.29, 0.717) is 49.8 Å². The lowest BCUT2D eigenvalue weighted by Gasteiger charge is -2.28. The van der Waals surface area contributed by atoms with Crippen molar-refractivity contribution >= 4 is 29.5 Å². The molecule has 0 aromatic carbocycles. The molecule has 1 fully saturated rings. The number of anilines is 1. The average Bonchev–Trinajstić information content (AvgIpc) is 3.23. The van der Waals surface area contributed by atoms with Gasteiger partial charge >= 0.3 is 6.09 Å². The maximum atomic E-state index is 12.8. The van der Waals surface area contributed by atoms with Crippen LogP contribution in [-0.2, 0) is 17.7 Å². The minimum atomic E-state index is -0.426. The van der Waals surface area contributed by atoms with Gasteiger partial charge in [-0.25, -0.2) is 9.78 Å². The first-order valence-electron chi connectivity index (χ1n) is 11.0. The molecular weight excluding hydrogens is 422 g/mol. The zero-order chi connectivity index (χ0) is 23.5. The summed E-state index contributed by atoms with van der Waals surface area (Å²) >= 11 is 0. The molecule has 2 aromatic heterocycles. The van der Waals surface area contributed by atoms with Crippen LogP contribution >= 0.6 is 0 Å². The first-order valence-corrected chi connectivity index (χ1v) is 11.0. The van der Waals surface area contributed by atoms with Crippen LogP contribution in [0.5, 0.6) is 0 Å². The molecule has 174 valence electrons. The Balaban J connectivity index is 0.00000324. The third kappa shape index (κ3) is 5.00. The topological polar surface area (TPSA) is 135 Å². The van der Waals surface area contributed by atoms with Gasteiger partial charge in [0, 0.05) is 33.7 Å². The summed E-state index contributed by atoms with van der Waals surface area (Å²) < 4.78 is 5.29. The molecule has 10 heteroatoms. The van der Waals surface area contributed by atoms with Gasteiger partial charge in [-0.2, -0.15) is 0 Å². The number of ether oxygens (including phenoxy) is 1. The van der Waals surface area contributed by atoms with Crippen LogP contribution in [0.1, 0.15) is 55.4 Å². The van der Waals surface area contributed by atoms with Gasteiger partial charge in [-0.15, -0.1) is 0 Å². The standard InChI is InChI=1S/C23H27N7O3.H2/c1-14(2)33-23(32)29-10-8-15-12-26-18(11-16(15)13-29)22(31)28-20-7-3-5-17(27-20)21(25)30-9-4-6-19(30)24;/h3,5,7,11-12,14,24-25H,4,6,8-10,13H2,1-2H3,(H,27,28,31);1H. The number of nitrogens with zero attached hydrogens (tertiary/aromatic N) is 4. The van der Waals surface area contributed by atoms with Crippen molar-refractivity contribution in [3.05, 3.63) is 53.0 Å². The van der Waals surface area contributed by atoms with Crippen molar-refractivity contribution < 1.29 is 15.8 Å². The molecule has 0 radical (unpaired) electrons. The molecule has 10 nitrogen and oxygen atoms in total. The van der Waals surface area contributed by atoms with E-state index in [2.05, 4.69) is 15.3 Å². The summed E-state index contributed by atoms with van der Waals surface area (Å²) in [4.78, 5) is 37.0. The number of nitrogens with one attached hydrogen (secondary N) is 3. The Labute approximate surface area is 193 Å². The fourth-order valence-electron chi connectivity index (χ4n) is 3.87. The first-order chi connectivity index (χ1) is 15.8. The van der Waals surface area contributed by atoms with Crippen LogP contribution in [0.3, 0.4) is 0 Å². The van der Waals surface area contributed by atoms with Crippen molar-refractivity contribution in [1.82, 2.24) is 19.8 Å². The van der Waals surface area contributed by atoms with Gasteiger partial charge in [0.05, 0.1) is 6.10 Å². The molecule has 0 spiro atoms. The molecular formula is C23H29N7O3. The van der Waals surface area contributed by atoms with Crippen LogP contribution in [0.4, 0.5) is 10.6 Å². The molecule has 0 saturated carbocycles. The molecule has 0 bridgehead atoms. The maximum absolute atomic E-state index is 12.8. The largest absolute Gasteiger partial charge is 0.447 e. The summed E-state index contributed by atoms with van der Waals surface area (Å²) in [5.41, 5.74) is 2.47. The minimum absolute atomic E-state index is 0. The summed E-state index contributed by atoms with van der Waals surface area (Å²) in [6, 6.07) is 6.74. The fraction of sp³-hybridized carbons (Fsp3) is 0.391. The Bertz CT molecular complexity index is 1120. The van der Waals surface area contributed by atoms with Gasteiger partial charge in [0.25, 0.3) is 5.91 Å². The van der Waals surface area contributed by atoms with Crippen LogP contribution in [-0.4, -0.2) is 62.6 Å². The molecule has 33 heavy (non-hydrogen) atoms. The van der Waals surface area contributed by atoms with E-state index in [9.17, 15) is 9.59 Å². The molecule has 4 rings (SSSR count). The Kier molecular flexibility index (Phi) is 6.34. The second-order valence-electron chi connectivity index (χ2n) is 8.36. The number of amidine groups is 2. The molecule has 2 aliphatic heterocycles. The lowest BCUT2D eigenvalue weighted by molar-refractivity contribution is 0.0729. The lowest BCUT2D eigenvalue weighted by atomic mass is 10.0. The molecule has 0 unspecified atom stereocenters. The number of carbonyl (C=O) groups excluding carboxylic acids is 2. The minimum Gasteiger partial charge on any atom is -0.447 e. The highest BCUT2D eigenvalue weighted by atomic mass is 16.6. The van der Waals surface area contributed by atoms with Crippen molar-refractivity contribution in [3.8, 4) is 0 Å². The van der Waals surface area contributed by atoms with Crippen molar-refractivity contribution in [1.29, 1.82) is 10.8 Å². The average molecular weight is 452 g/mol. The summed E-state index contributed by atoms with van der Waals surface area (Å²) in [7, 11) is 0. The van der Waals surface area contributed by atoms with Crippen LogP contribution in [0.25, 0.3) is 0 Å². The quantitative estimate of drug-likeness (QED) is 0.482. The van der Waals surface area contributed by atoms with E-state index in [1.54, 1.807) is 40.3 Å². The van der Waals surface area contributed by atoms with E-state index >= 15 is 0 Å². The zero-order valence-electron chi connectivity index (χ0n) is 18.7. The molecule has 0 atom stereocenters. The molecule has 2 aliphatic rings. The predicted molar refractivity (Wildman–Crippen MR) is 125 cm³/mol. The number of amides is 2. The van der Waals surface area contributed by atoms with Gasteiger partial charge < -0.3 is 19.9 Å². The molecule has 0 aliphatic carbocycles.